The summed E-state index contributed by atoms with van der Waals surface area (Å²) in [6.45, 7) is 3.47. The minimum absolute atomic E-state index is 0.126. The van der Waals surface area contributed by atoms with Crippen molar-refractivity contribution in [2.75, 3.05) is 27.2 Å². The zero-order valence-electron chi connectivity index (χ0n) is 21.6. The second-order valence-corrected chi connectivity index (χ2v) is 10.7. The van der Waals surface area contributed by atoms with E-state index in [2.05, 4.69) is 10.2 Å². The Morgan fingerprint density at radius 3 is 2.39 bits per heavy atom. The van der Waals surface area contributed by atoms with Crippen LogP contribution in [-0.4, -0.2) is 77.9 Å². The van der Waals surface area contributed by atoms with Gasteiger partial charge in [-0.15, -0.1) is 0 Å². The number of carboxylic acid groups (broad SMARTS) is 1. The molecule has 0 radical (unpaired) electrons. The Hall–Kier alpha value is -3.18. The fourth-order valence-electron chi connectivity index (χ4n) is 4.92. The van der Waals surface area contributed by atoms with Crippen LogP contribution in [0.2, 0.25) is 0 Å². The first-order chi connectivity index (χ1) is 17.6. The number of carbonyl (C=O) groups excluding carboxylic acids is 1. The number of carboxylic acids is 1. The Bertz CT molecular complexity index is 1350. The van der Waals surface area contributed by atoms with E-state index in [1.54, 1.807) is 23.1 Å². The fourth-order valence-corrected chi connectivity index (χ4v) is 4.92. The highest BCUT2D eigenvalue weighted by molar-refractivity contribution is 6.08. The highest BCUT2D eigenvalue weighted by atomic mass is 19.4. The van der Waals surface area contributed by atoms with Crippen LogP contribution >= 0.6 is 0 Å². The number of carbonyl (C=O) groups is 2. The zero-order valence-corrected chi connectivity index (χ0v) is 21.6. The molecule has 1 saturated heterocycles. The molecule has 206 valence electrons. The molecule has 7 nitrogen and oxygen atoms in total. The molecule has 4 rings (SSSR count). The SMILES string of the molecule is CN(C)[C@@H]1CCN(C(=O)c2ccc3oc4cc([C@H](NC(CC(C)(C)F)C(=O)O)C(F)(F)F)ccc4c3c2)C1. The van der Waals surface area contributed by atoms with E-state index >= 15 is 0 Å². The van der Waals surface area contributed by atoms with Crippen LogP contribution in [0.3, 0.4) is 0 Å². The smallest absolute Gasteiger partial charge is 0.407 e. The number of halogens is 4. The van der Waals surface area contributed by atoms with Crippen LogP contribution in [0, 0.1) is 0 Å². The van der Waals surface area contributed by atoms with Crippen LogP contribution in [0.1, 0.15) is 48.7 Å². The van der Waals surface area contributed by atoms with Gasteiger partial charge in [0.25, 0.3) is 5.91 Å². The third-order valence-electron chi connectivity index (χ3n) is 6.94. The first-order valence-corrected chi connectivity index (χ1v) is 12.3. The summed E-state index contributed by atoms with van der Waals surface area (Å²) in [4.78, 5) is 28.5. The number of amides is 1. The van der Waals surface area contributed by atoms with Gasteiger partial charge in [0.05, 0.1) is 0 Å². The molecule has 1 unspecified atom stereocenters. The summed E-state index contributed by atoms with van der Waals surface area (Å²) in [5.41, 5.74) is -1.25. The topological polar surface area (TPSA) is 86.0 Å². The van der Waals surface area contributed by atoms with Gasteiger partial charge in [0, 0.05) is 41.9 Å². The molecule has 1 fully saturated rings. The highest BCUT2D eigenvalue weighted by Gasteiger charge is 2.44. The normalized spacial score (nSPS) is 18.4. The monoisotopic (exact) mass is 537 g/mol. The van der Waals surface area contributed by atoms with Crippen LogP contribution in [0.15, 0.2) is 40.8 Å². The van der Waals surface area contributed by atoms with E-state index in [9.17, 15) is 32.3 Å². The third-order valence-corrected chi connectivity index (χ3v) is 6.94. The van der Waals surface area contributed by atoms with Gasteiger partial charge in [0.1, 0.15) is 28.9 Å². The van der Waals surface area contributed by atoms with E-state index in [0.29, 0.717) is 35.0 Å². The van der Waals surface area contributed by atoms with E-state index in [4.69, 9.17) is 4.42 Å². The van der Waals surface area contributed by atoms with Crippen molar-refractivity contribution in [3.8, 4) is 0 Å². The lowest BCUT2D eigenvalue weighted by Crippen LogP contribution is -2.47. The molecule has 0 bridgehead atoms. The lowest BCUT2D eigenvalue weighted by atomic mass is 9.97. The molecular formula is C27H31F4N3O4. The van der Waals surface area contributed by atoms with Gasteiger partial charge >= 0.3 is 12.1 Å². The van der Waals surface area contributed by atoms with Gasteiger partial charge in [-0.1, -0.05) is 12.1 Å². The van der Waals surface area contributed by atoms with Crippen LogP contribution in [0.4, 0.5) is 17.6 Å². The van der Waals surface area contributed by atoms with Crippen LogP contribution < -0.4 is 5.32 Å². The van der Waals surface area contributed by atoms with Gasteiger partial charge in [-0.05, 0) is 64.2 Å². The van der Waals surface area contributed by atoms with Crippen LogP contribution in [0.25, 0.3) is 21.9 Å². The molecule has 3 aromatic rings. The van der Waals surface area contributed by atoms with Gasteiger partial charge in [-0.25, -0.2) is 4.39 Å². The molecule has 2 aromatic carbocycles. The summed E-state index contributed by atoms with van der Waals surface area (Å²) in [5.74, 6) is -1.71. The molecule has 0 saturated carbocycles. The van der Waals surface area contributed by atoms with E-state index < -0.39 is 36.3 Å². The van der Waals surface area contributed by atoms with Gasteiger partial charge in [0.2, 0.25) is 0 Å². The number of fused-ring (bicyclic) bond motifs is 3. The largest absolute Gasteiger partial charge is 0.480 e. The first-order valence-electron chi connectivity index (χ1n) is 12.3. The lowest BCUT2D eigenvalue weighted by Gasteiger charge is -2.28. The van der Waals surface area contributed by atoms with Crippen molar-refractivity contribution in [3.05, 3.63) is 47.5 Å². The Morgan fingerprint density at radius 2 is 1.82 bits per heavy atom. The molecule has 1 aromatic heterocycles. The zero-order chi connectivity index (χ0) is 28.0. The number of rotatable bonds is 8. The van der Waals surface area contributed by atoms with E-state index in [1.807, 2.05) is 14.1 Å². The van der Waals surface area contributed by atoms with Gasteiger partial charge in [-0.3, -0.25) is 14.9 Å². The van der Waals surface area contributed by atoms with Crippen molar-refractivity contribution in [3.63, 3.8) is 0 Å². The summed E-state index contributed by atoms with van der Waals surface area (Å²) in [7, 11) is 3.94. The number of nitrogens with one attached hydrogen (secondary N) is 1. The molecule has 3 atom stereocenters. The summed E-state index contributed by atoms with van der Waals surface area (Å²) in [6, 6.07) is 4.97. The second kappa shape index (κ2) is 10.2. The third kappa shape index (κ3) is 5.94. The first kappa shape index (κ1) is 27.8. The van der Waals surface area contributed by atoms with Crippen molar-refractivity contribution in [1.29, 1.82) is 0 Å². The number of nitrogens with zero attached hydrogens (tertiary/aromatic N) is 2. The lowest BCUT2D eigenvalue weighted by molar-refractivity contribution is -0.164. The maximum Gasteiger partial charge on any atom is 0.407 e. The van der Waals surface area contributed by atoms with Gasteiger partial charge in [-0.2, -0.15) is 13.2 Å². The number of alkyl halides is 4. The second-order valence-electron chi connectivity index (χ2n) is 10.7. The van der Waals surface area contributed by atoms with Crippen molar-refractivity contribution in [1.82, 2.24) is 15.1 Å². The minimum Gasteiger partial charge on any atom is -0.480 e. The average molecular weight is 538 g/mol. The number of benzene rings is 2. The predicted molar refractivity (Wildman–Crippen MR) is 135 cm³/mol. The standard InChI is InChI=1S/C27H31F4N3O4/c1-26(2,28)13-20(25(36)37)32-23(27(29,30)31)15-5-7-18-19-11-16(6-8-21(19)38-22(18)12-15)24(35)34-10-9-17(14-34)33(3)4/h5-8,11-12,17,20,23,32H,9-10,13-14H2,1-4H3,(H,36,37)/t17-,20?,23+/m1/s1. The molecule has 11 heteroatoms. The number of furan rings is 1. The van der Waals surface area contributed by atoms with Crippen molar-refractivity contribution in [2.45, 2.75) is 56.7 Å². The Labute approximate surface area is 217 Å². The van der Waals surface area contributed by atoms with Gasteiger partial charge in [0.15, 0.2) is 0 Å². The average Bonchev–Trinajstić information content (AvgIpc) is 3.44. The molecule has 1 amide bonds. The van der Waals surface area contributed by atoms with E-state index in [0.717, 1.165) is 20.3 Å². The molecule has 2 N–H and O–H groups in total. The summed E-state index contributed by atoms with van der Waals surface area (Å²) in [5, 5.41) is 12.6. The molecule has 38 heavy (non-hydrogen) atoms. The molecule has 1 aliphatic rings. The van der Waals surface area contributed by atoms with Crippen molar-refractivity contribution >= 4 is 33.8 Å². The Morgan fingerprint density at radius 1 is 1.11 bits per heavy atom. The number of hydrogen-bond donors (Lipinski definition) is 2. The maximum atomic E-state index is 14.1. The summed E-state index contributed by atoms with van der Waals surface area (Å²) >= 11 is 0. The van der Waals surface area contributed by atoms with Crippen LogP contribution in [0.5, 0.6) is 0 Å². The number of likely N-dealkylation sites (tertiary alicyclic amines) is 1. The van der Waals surface area contributed by atoms with E-state index in [1.165, 1.54) is 18.2 Å². The molecule has 0 aliphatic carbocycles. The van der Waals surface area contributed by atoms with Gasteiger partial charge < -0.3 is 19.3 Å². The molecular weight excluding hydrogens is 506 g/mol. The predicted octanol–water partition coefficient (Wildman–Crippen LogP) is 5.15. The van der Waals surface area contributed by atoms with Crippen molar-refractivity contribution in [2.24, 2.45) is 0 Å². The Kier molecular flexibility index (Phi) is 7.46. The number of likely N-dealkylation sites (N-methyl/N-ethyl adjacent to an activating group) is 1. The van der Waals surface area contributed by atoms with Crippen molar-refractivity contribution < 1.29 is 36.7 Å². The van der Waals surface area contributed by atoms with E-state index in [-0.39, 0.29) is 23.1 Å². The molecule has 0 spiro atoms. The molecule has 2 heterocycles. The Balaban J connectivity index is 1.66. The number of hydrogen-bond acceptors (Lipinski definition) is 5. The summed E-state index contributed by atoms with van der Waals surface area (Å²) in [6.07, 6.45) is -4.63. The highest BCUT2D eigenvalue weighted by Crippen LogP contribution is 2.37. The number of aliphatic carboxylic acids is 1. The summed E-state index contributed by atoms with van der Waals surface area (Å²) < 4.78 is 61.9. The quantitative estimate of drug-likeness (QED) is 0.387. The molecule has 1 aliphatic heterocycles. The maximum absolute atomic E-state index is 14.1. The fraction of sp³-hybridized carbons (Fsp3) is 0.481. The minimum atomic E-state index is -4.85. The van der Waals surface area contributed by atoms with Crippen LogP contribution in [-0.2, 0) is 4.79 Å².